The van der Waals surface area contributed by atoms with Gasteiger partial charge in [-0.05, 0) is 49.2 Å². The highest BCUT2D eigenvalue weighted by atomic mass is 79.9. The Balaban J connectivity index is 1.99. The van der Waals surface area contributed by atoms with Crippen LogP contribution in [0.5, 0.6) is 17.2 Å². The van der Waals surface area contributed by atoms with Gasteiger partial charge in [0.1, 0.15) is 0 Å². The van der Waals surface area contributed by atoms with Crippen LogP contribution in [0.2, 0.25) is 0 Å². The molecule has 0 amide bonds. The second-order valence-electron chi connectivity index (χ2n) is 8.22. The van der Waals surface area contributed by atoms with Gasteiger partial charge >= 0.3 is 11.7 Å². The number of ether oxygens (including phenoxy) is 4. The van der Waals surface area contributed by atoms with Crippen LogP contribution < -0.4 is 29.1 Å². The number of allylic oxidation sites excluding steroid dienone is 1. The van der Waals surface area contributed by atoms with Gasteiger partial charge in [0.15, 0.2) is 22.0 Å². The van der Waals surface area contributed by atoms with Crippen LogP contribution in [0, 0.1) is 10.1 Å². The van der Waals surface area contributed by atoms with Crippen LogP contribution in [0.15, 0.2) is 55.9 Å². The van der Waals surface area contributed by atoms with E-state index in [1.807, 2.05) is 0 Å². The maximum absolute atomic E-state index is 13.8. The van der Waals surface area contributed by atoms with Gasteiger partial charge in [-0.3, -0.25) is 19.5 Å². The number of benzene rings is 2. The molecule has 0 spiro atoms. The summed E-state index contributed by atoms with van der Waals surface area (Å²) in [5.41, 5.74) is 0.914. The van der Waals surface area contributed by atoms with E-state index < -0.39 is 22.5 Å². The summed E-state index contributed by atoms with van der Waals surface area (Å²) >= 11 is 4.66. The smallest absolute Gasteiger partial charge is 0.338 e. The van der Waals surface area contributed by atoms with Crippen LogP contribution in [0.1, 0.15) is 31.0 Å². The van der Waals surface area contributed by atoms with E-state index in [0.29, 0.717) is 37.6 Å². The first-order valence-corrected chi connectivity index (χ1v) is 13.2. The number of carbonyl (C=O) groups is 1. The molecule has 4 rings (SSSR count). The Morgan fingerprint density at radius 2 is 1.82 bits per heavy atom. The number of fused-ring (bicyclic) bond motifs is 1. The molecule has 39 heavy (non-hydrogen) atoms. The summed E-state index contributed by atoms with van der Waals surface area (Å²) < 4.78 is 23.5. The number of nitrogens with zero attached hydrogens (tertiary/aromatic N) is 3. The lowest BCUT2D eigenvalue weighted by molar-refractivity contribution is -0.385. The van der Waals surface area contributed by atoms with Gasteiger partial charge in [-0.15, -0.1) is 0 Å². The molecule has 2 aromatic carbocycles. The van der Waals surface area contributed by atoms with E-state index >= 15 is 0 Å². The molecule has 1 aromatic heterocycles. The SMILES string of the molecule is CCOC(=O)C1=C(C)N=c2s/c(=C\c3ccc(OC)c([N+](=O)[O-])c3)c(=O)n2[C@H]1c1cc(OC)c(OC)cc1Br. The summed E-state index contributed by atoms with van der Waals surface area (Å²) in [4.78, 5) is 42.8. The molecule has 0 fully saturated rings. The van der Waals surface area contributed by atoms with Gasteiger partial charge < -0.3 is 18.9 Å². The molecule has 0 N–H and O–H groups in total. The fraction of sp³-hybridized carbons (Fsp3) is 0.269. The molecule has 1 aliphatic rings. The van der Waals surface area contributed by atoms with Crippen LogP contribution >= 0.6 is 27.3 Å². The predicted molar refractivity (Wildman–Crippen MR) is 147 cm³/mol. The Hall–Kier alpha value is -3.97. The normalized spacial score (nSPS) is 14.9. The minimum Gasteiger partial charge on any atom is -0.493 e. The van der Waals surface area contributed by atoms with Gasteiger partial charge in [0, 0.05) is 10.5 Å². The van der Waals surface area contributed by atoms with Crippen molar-refractivity contribution in [2.75, 3.05) is 27.9 Å². The average molecular weight is 618 g/mol. The van der Waals surface area contributed by atoms with E-state index in [0.717, 1.165) is 11.3 Å². The molecular weight excluding hydrogens is 594 g/mol. The average Bonchev–Trinajstić information content (AvgIpc) is 3.21. The summed E-state index contributed by atoms with van der Waals surface area (Å²) in [7, 11) is 4.34. The van der Waals surface area contributed by atoms with E-state index in [-0.39, 0.29) is 28.1 Å². The Morgan fingerprint density at radius 1 is 1.15 bits per heavy atom. The van der Waals surface area contributed by atoms with Crippen molar-refractivity contribution in [3.63, 3.8) is 0 Å². The molecule has 0 bridgehead atoms. The van der Waals surface area contributed by atoms with Gasteiger partial charge in [-0.1, -0.05) is 33.3 Å². The molecule has 13 heteroatoms. The number of halogens is 1. The minimum absolute atomic E-state index is 0.103. The van der Waals surface area contributed by atoms with Gasteiger partial charge in [-0.2, -0.15) is 0 Å². The zero-order valence-electron chi connectivity index (χ0n) is 21.6. The van der Waals surface area contributed by atoms with Gasteiger partial charge in [0.2, 0.25) is 0 Å². The predicted octanol–water partition coefficient (Wildman–Crippen LogP) is 3.49. The number of esters is 1. The van der Waals surface area contributed by atoms with Gasteiger partial charge in [-0.25, -0.2) is 9.79 Å². The van der Waals surface area contributed by atoms with Crippen LogP contribution in [-0.4, -0.2) is 43.4 Å². The number of nitro groups is 1. The topological polar surface area (TPSA) is 131 Å². The summed E-state index contributed by atoms with van der Waals surface area (Å²) in [6, 6.07) is 6.89. The molecule has 0 saturated heterocycles. The number of thiazole rings is 1. The first-order valence-electron chi connectivity index (χ1n) is 11.6. The molecule has 204 valence electrons. The van der Waals surface area contributed by atoms with Crippen LogP contribution in [-0.2, 0) is 9.53 Å². The highest BCUT2D eigenvalue weighted by Crippen LogP contribution is 2.40. The number of hydrogen-bond acceptors (Lipinski definition) is 10. The first kappa shape index (κ1) is 28.0. The number of methoxy groups -OCH3 is 3. The molecule has 1 atom stereocenters. The highest BCUT2D eigenvalue weighted by Gasteiger charge is 2.35. The number of aromatic nitrogens is 1. The molecule has 0 aliphatic carbocycles. The Bertz CT molecular complexity index is 1690. The van der Waals surface area contributed by atoms with Crippen LogP contribution in [0.3, 0.4) is 0 Å². The molecule has 0 radical (unpaired) electrons. The zero-order chi connectivity index (χ0) is 28.4. The number of hydrogen-bond donors (Lipinski definition) is 0. The molecule has 2 heterocycles. The van der Waals surface area contributed by atoms with Crippen molar-refractivity contribution >= 4 is 45.0 Å². The zero-order valence-corrected chi connectivity index (χ0v) is 24.0. The number of nitro benzene ring substituents is 1. The van der Waals surface area contributed by atoms with Gasteiger partial charge in [0.25, 0.3) is 5.56 Å². The first-order chi connectivity index (χ1) is 18.6. The van der Waals surface area contributed by atoms with Crippen molar-refractivity contribution < 1.29 is 28.7 Å². The fourth-order valence-corrected chi connectivity index (χ4v) is 5.84. The van der Waals surface area contributed by atoms with E-state index in [2.05, 4.69) is 20.9 Å². The van der Waals surface area contributed by atoms with E-state index in [4.69, 9.17) is 18.9 Å². The van der Waals surface area contributed by atoms with Crippen molar-refractivity contribution in [2.24, 2.45) is 4.99 Å². The lowest BCUT2D eigenvalue weighted by atomic mass is 9.95. The van der Waals surface area contributed by atoms with E-state index in [1.165, 1.54) is 38.0 Å². The van der Waals surface area contributed by atoms with E-state index in [9.17, 15) is 19.7 Å². The van der Waals surface area contributed by atoms with E-state index in [1.54, 1.807) is 38.1 Å². The quantitative estimate of drug-likeness (QED) is 0.213. The molecule has 3 aromatic rings. The Labute approximate surface area is 234 Å². The molecule has 1 aliphatic heterocycles. The summed E-state index contributed by atoms with van der Waals surface area (Å²) in [5.74, 6) is 0.360. The lowest BCUT2D eigenvalue weighted by Crippen LogP contribution is -2.40. The second kappa shape index (κ2) is 11.4. The summed E-state index contributed by atoms with van der Waals surface area (Å²) in [5, 5.41) is 11.5. The van der Waals surface area contributed by atoms with Crippen molar-refractivity contribution in [2.45, 2.75) is 19.9 Å². The maximum atomic E-state index is 13.8. The van der Waals surface area contributed by atoms with Crippen molar-refractivity contribution in [3.8, 4) is 17.2 Å². The standard InChI is InChI=1S/C26H24BrN3O8S/c1-6-38-25(32)22-13(2)28-26-29(23(22)15-11-19(36-4)20(37-5)12-16(15)27)24(31)21(39-26)10-14-7-8-18(35-3)17(9-14)30(33)34/h7-12,23H,6H2,1-5H3/b21-10-/t23-/m0/s1. The maximum Gasteiger partial charge on any atom is 0.338 e. The molecule has 11 nitrogen and oxygen atoms in total. The lowest BCUT2D eigenvalue weighted by Gasteiger charge is -2.26. The highest BCUT2D eigenvalue weighted by molar-refractivity contribution is 9.10. The Kier molecular flexibility index (Phi) is 8.21. The van der Waals surface area contributed by atoms with Crippen molar-refractivity contribution in [1.29, 1.82) is 0 Å². The summed E-state index contributed by atoms with van der Waals surface area (Å²) in [6.07, 6.45) is 1.54. The monoisotopic (exact) mass is 617 g/mol. The van der Waals surface area contributed by atoms with Crippen molar-refractivity contribution in [3.05, 3.63) is 87.0 Å². The third-order valence-electron chi connectivity index (χ3n) is 6.01. The third-order valence-corrected chi connectivity index (χ3v) is 7.68. The minimum atomic E-state index is -0.901. The Morgan fingerprint density at radius 3 is 2.44 bits per heavy atom. The molecule has 0 unspecified atom stereocenters. The van der Waals surface area contributed by atoms with Gasteiger partial charge in [0.05, 0.1) is 54.7 Å². The fourth-order valence-electron chi connectivity index (χ4n) is 4.26. The number of rotatable bonds is 8. The number of carbonyl (C=O) groups excluding carboxylic acids is 1. The molecular formula is C26H24BrN3O8S. The third kappa shape index (κ3) is 5.19. The van der Waals surface area contributed by atoms with Crippen molar-refractivity contribution in [1.82, 2.24) is 4.57 Å². The second-order valence-corrected chi connectivity index (χ2v) is 10.1. The van der Waals surface area contributed by atoms with Crippen LogP contribution in [0.25, 0.3) is 6.08 Å². The largest absolute Gasteiger partial charge is 0.493 e. The molecule has 0 saturated carbocycles. The summed E-state index contributed by atoms with van der Waals surface area (Å²) in [6.45, 7) is 3.51. The van der Waals surface area contributed by atoms with Crippen LogP contribution in [0.4, 0.5) is 5.69 Å².